The lowest BCUT2D eigenvalue weighted by Crippen LogP contribution is -2.43. The minimum Gasteiger partial charge on any atom is -0.493 e. The van der Waals surface area contributed by atoms with Gasteiger partial charge in [0.1, 0.15) is 0 Å². The molecule has 1 heterocycles. The second-order valence-electron chi connectivity index (χ2n) is 8.04. The first-order chi connectivity index (χ1) is 15.2. The van der Waals surface area contributed by atoms with Crippen LogP contribution in [-0.2, 0) is 16.0 Å². The normalized spacial score (nSPS) is 14.8. The van der Waals surface area contributed by atoms with Gasteiger partial charge in [0.15, 0.2) is 18.1 Å². The molecular weight excluding hydrogens is 425 g/mol. The predicted molar refractivity (Wildman–Crippen MR) is 115 cm³/mol. The zero-order valence-electron chi connectivity index (χ0n) is 18.8. The zero-order valence-corrected chi connectivity index (χ0v) is 18.8. The summed E-state index contributed by atoms with van der Waals surface area (Å²) in [6, 6.07) is 4.65. The van der Waals surface area contributed by atoms with Gasteiger partial charge in [0.2, 0.25) is 11.8 Å². The molecule has 0 radical (unpaired) electrons. The van der Waals surface area contributed by atoms with Crippen molar-refractivity contribution in [2.75, 3.05) is 33.4 Å². The number of nitrogens with one attached hydrogen (secondary N) is 1. The number of unbranched alkanes of at least 4 members (excludes halogenated alkanes) is 2. The van der Waals surface area contributed by atoms with Gasteiger partial charge in [-0.05, 0) is 43.4 Å². The van der Waals surface area contributed by atoms with E-state index in [1.165, 1.54) is 13.2 Å². The van der Waals surface area contributed by atoms with E-state index in [0.29, 0.717) is 38.9 Å². The molecule has 32 heavy (non-hydrogen) atoms. The Morgan fingerprint density at radius 1 is 1.16 bits per heavy atom. The molecule has 9 heteroatoms. The van der Waals surface area contributed by atoms with Gasteiger partial charge in [-0.15, -0.1) is 0 Å². The number of hydrogen-bond acceptors (Lipinski definition) is 4. The highest BCUT2D eigenvalue weighted by atomic mass is 19.4. The molecule has 1 saturated heterocycles. The Morgan fingerprint density at radius 2 is 1.88 bits per heavy atom. The van der Waals surface area contributed by atoms with E-state index in [1.54, 1.807) is 17.0 Å². The number of carbonyl (C=O) groups is 2. The first-order valence-corrected chi connectivity index (χ1v) is 11.2. The largest absolute Gasteiger partial charge is 0.493 e. The van der Waals surface area contributed by atoms with E-state index in [9.17, 15) is 22.8 Å². The topological polar surface area (TPSA) is 67.9 Å². The highest BCUT2D eigenvalue weighted by molar-refractivity contribution is 5.80. The van der Waals surface area contributed by atoms with Crippen molar-refractivity contribution in [2.45, 2.75) is 58.0 Å². The van der Waals surface area contributed by atoms with Crippen LogP contribution in [0.15, 0.2) is 18.2 Å². The number of hydrogen-bond donors (Lipinski definition) is 1. The lowest BCUT2D eigenvalue weighted by Gasteiger charge is -2.31. The van der Waals surface area contributed by atoms with Crippen LogP contribution in [0.1, 0.15) is 51.0 Å². The molecule has 1 fully saturated rings. The van der Waals surface area contributed by atoms with Crippen molar-refractivity contribution >= 4 is 11.8 Å². The number of likely N-dealkylation sites (tertiary alicyclic amines) is 1. The maximum atomic E-state index is 12.6. The number of ether oxygens (including phenoxy) is 2. The number of benzene rings is 1. The molecular formula is C23H33F3N2O4. The third-order valence-electron chi connectivity index (χ3n) is 5.54. The number of aryl methyl sites for hydroxylation is 1. The Labute approximate surface area is 187 Å². The van der Waals surface area contributed by atoms with Crippen molar-refractivity contribution in [3.8, 4) is 11.5 Å². The second kappa shape index (κ2) is 12.6. The summed E-state index contributed by atoms with van der Waals surface area (Å²) in [4.78, 5) is 26.6. The van der Waals surface area contributed by atoms with Gasteiger partial charge in [-0.2, -0.15) is 13.2 Å². The Kier molecular flexibility index (Phi) is 10.1. The minimum absolute atomic E-state index is 0.00293. The molecule has 1 aliphatic rings. The fourth-order valence-corrected chi connectivity index (χ4v) is 3.68. The lowest BCUT2D eigenvalue weighted by molar-refractivity contribution is -0.153. The van der Waals surface area contributed by atoms with Gasteiger partial charge in [-0.1, -0.05) is 25.8 Å². The number of rotatable bonds is 11. The summed E-state index contributed by atoms with van der Waals surface area (Å²) >= 11 is 0. The Hall–Kier alpha value is -2.45. The van der Waals surface area contributed by atoms with Gasteiger partial charge in [-0.3, -0.25) is 9.59 Å². The van der Waals surface area contributed by atoms with E-state index < -0.39 is 12.8 Å². The standard InChI is InChI=1S/C23H33F3N2O4/c1-3-4-5-12-27-22(30)18-10-13-28(14-11-18)21(29)9-7-17-6-8-19(20(15-17)31-2)32-16-23(24,25)26/h6,8,15,18H,3-5,7,9-14,16H2,1-2H3,(H,27,30). The molecule has 2 rings (SSSR count). The molecule has 0 saturated carbocycles. The van der Waals surface area contributed by atoms with Crippen LogP contribution in [0.4, 0.5) is 13.2 Å². The van der Waals surface area contributed by atoms with E-state index in [1.807, 2.05) is 0 Å². The molecule has 2 amide bonds. The fourth-order valence-electron chi connectivity index (χ4n) is 3.68. The van der Waals surface area contributed by atoms with Crippen molar-refractivity contribution < 1.29 is 32.2 Å². The molecule has 1 aliphatic heterocycles. The van der Waals surface area contributed by atoms with Crippen LogP contribution in [0.25, 0.3) is 0 Å². The average Bonchev–Trinajstić information content (AvgIpc) is 2.78. The van der Waals surface area contributed by atoms with Gasteiger partial charge in [0.25, 0.3) is 0 Å². The predicted octanol–water partition coefficient (Wildman–Crippen LogP) is 4.11. The van der Waals surface area contributed by atoms with Crippen molar-refractivity contribution in [1.29, 1.82) is 0 Å². The molecule has 0 bridgehead atoms. The van der Waals surface area contributed by atoms with E-state index in [4.69, 9.17) is 9.47 Å². The number of halogens is 3. The Balaban J connectivity index is 1.77. The van der Waals surface area contributed by atoms with Crippen LogP contribution in [-0.4, -0.2) is 56.2 Å². The SMILES string of the molecule is CCCCCNC(=O)C1CCN(C(=O)CCc2ccc(OCC(F)(F)F)c(OC)c2)CC1. The number of alkyl halides is 3. The van der Waals surface area contributed by atoms with E-state index in [-0.39, 0.29) is 35.7 Å². The molecule has 1 N–H and O–H groups in total. The number of carbonyl (C=O) groups excluding carboxylic acids is 2. The lowest BCUT2D eigenvalue weighted by atomic mass is 9.95. The molecule has 6 nitrogen and oxygen atoms in total. The van der Waals surface area contributed by atoms with E-state index in [2.05, 4.69) is 12.2 Å². The van der Waals surface area contributed by atoms with Crippen molar-refractivity contribution in [1.82, 2.24) is 10.2 Å². The quantitative estimate of drug-likeness (QED) is 0.507. The van der Waals surface area contributed by atoms with Gasteiger partial charge in [0, 0.05) is 32.0 Å². The maximum absolute atomic E-state index is 12.6. The van der Waals surface area contributed by atoms with Crippen LogP contribution < -0.4 is 14.8 Å². The van der Waals surface area contributed by atoms with Gasteiger partial charge >= 0.3 is 6.18 Å². The van der Waals surface area contributed by atoms with Crippen LogP contribution >= 0.6 is 0 Å². The third-order valence-corrected chi connectivity index (χ3v) is 5.54. The number of piperidine rings is 1. The summed E-state index contributed by atoms with van der Waals surface area (Å²) in [6.07, 6.45) is 0.793. The Bertz CT molecular complexity index is 747. The molecule has 180 valence electrons. The first-order valence-electron chi connectivity index (χ1n) is 11.2. The van der Waals surface area contributed by atoms with Crippen LogP contribution in [0.3, 0.4) is 0 Å². The molecule has 1 aromatic rings. The highest BCUT2D eigenvalue weighted by Gasteiger charge is 2.29. The van der Waals surface area contributed by atoms with Crippen molar-refractivity contribution in [3.63, 3.8) is 0 Å². The van der Waals surface area contributed by atoms with Crippen molar-refractivity contribution in [2.24, 2.45) is 5.92 Å². The number of nitrogens with zero attached hydrogens (tertiary/aromatic N) is 1. The maximum Gasteiger partial charge on any atom is 0.422 e. The molecule has 0 unspecified atom stereocenters. The fraction of sp³-hybridized carbons (Fsp3) is 0.652. The molecule has 0 aromatic heterocycles. The summed E-state index contributed by atoms with van der Waals surface area (Å²) in [5.74, 6) is 0.241. The Morgan fingerprint density at radius 3 is 2.50 bits per heavy atom. The first kappa shape index (κ1) is 25.8. The summed E-state index contributed by atoms with van der Waals surface area (Å²) in [6.45, 7) is 2.54. The second-order valence-corrected chi connectivity index (χ2v) is 8.04. The highest BCUT2D eigenvalue weighted by Crippen LogP contribution is 2.30. The smallest absolute Gasteiger partial charge is 0.422 e. The number of amides is 2. The van der Waals surface area contributed by atoms with Gasteiger partial charge in [0.05, 0.1) is 7.11 Å². The monoisotopic (exact) mass is 458 g/mol. The van der Waals surface area contributed by atoms with Gasteiger partial charge < -0.3 is 19.7 Å². The van der Waals surface area contributed by atoms with Gasteiger partial charge in [-0.25, -0.2) is 0 Å². The van der Waals surface area contributed by atoms with Crippen molar-refractivity contribution in [3.05, 3.63) is 23.8 Å². The van der Waals surface area contributed by atoms with Crippen LogP contribution in [0.5, 0.6) is 11.5 Å². The molecule has 1 aromatic carbocycles. The number of methoxy groups -OCH3 is 1. The average molecular weight is 459 g/mol. The van der Waals surface area contributed by atoms with E-state index in [0.717, 1.165) is 24.8 Å². The van der Waals surface area contributed by atoms with Crippen LogP contribution in [0, 0.1) is 5.92 Å². The molecule has 0 aliphatic carbocycles. The molecule has 0 atom stereocenters. The third kappa shape index (κ3) is 8.59. The summed E-state index contributed by atoms with van der Waals surface area (Å²) in [5.41, 5.74) is 0.774. The van der Waals surface area contributed by atoms with Crippen LogP contribution in [0.2, 0.25) is 0 Å². The minimum atomic E-state index is -4.43. The van der Waals surface area contributed by atoms with E-state index >= 15 is 0 Å². The zero-order chi connectivity index (χ0) is 23.6. The summed E-state index contributed by atoms with van der Waals surface area (Å²) in [7, 11) is 1.36. The summed E-state index contributed by atoms with van der Waals surface area (Å²) < 4.78 is 47.0. The summed E-state index contributed by atoms with van der Waals surface area (Å²) in [5, 5.41) is 2.98. The molecule has 0 spiro atoms.